The summed E-state index contributed by atoms with van der Waals surface area (Å²) in [5.41, 5.74) is 0. The smallest absolute Gasteiger partial charge is 0.208 e. The second-order valence-corrected chi connectivity index (χ2v) is 6.37. The van der Waals surface area contributed by atoms with Gasteiger partial charge in [-0.05, 0) is 12.7 Å². The molecule has 1 fully saturated rings. The number of hydrogen-bond acceptors (Lipinski definition) is 5. The van der Waals surface area contributed by atoms with Crippen molar-refractivity contribution in [2.75, 3.05) is 24.8 Å². The first-order valence-corrected chi connectivity index (χ1v) is 7.49. The number of hydrogen-bond donors (Lipinski definition) is 0. The average molecular weight is 247 g/mol. The van der Waals surface area contributed by atoms with Crippen molar-refractivity contribution in [2.45, 2.75) is 12.5 Å². The lowest BCUT2D eigenvalue weighted by molar-refractivity contribution is 0.404. The maximum Gasteiger partial charge on any atom is 0.208 e. The minimum absolute atomic E-state index is 0.0467. The van der Waals surface area contributed by atoms with Gasteiger partial charge in [0, 0.05) is 13.1 Å². The topological polar surface area (TPSA) is 73.5 Å². The summed E-state index contributed by atoms with van der Waals surface area (Å²) < 4.78 is 22.6. The number of thioether (sulfide) groups is 1. The Morgan fingerprint density at radius 3 is 2.73 bits per heavy atom. The minimum atomic E-state index is -2.89. The van der Waals surface area contributed by atoms with E-state index in [9.17, 15) is 8.42 Å². The van der Waals surface area contributed by atoms with Crippen molar-refractivity contribution in [3.8, 4) is 6.19 Å². The van der Waals surface area contributed by atoms with Crippen molar-refractivity contribution in [2.24, 2.45) is 4.99 Å². The van der Waals surface area contributed by atoms with E-state index in [1.54, 1.807) is 18.1 Å². The van der Waals surface area contributed by atoms with Crippen LogP contribution in [0.1, 0.15) is 6.42 Å². The fourth-order valence-electron chi connectivity index (χ4n) is 1.55. The molecule has 0 aromatic heterocycles. The van der Waals surface area contributed by atoms with Gasteiger partial charge < -0.3 is 4.90 Å². The lowest BCUT2D eigenvalue weighted by Gasteiger charge is -2.24. The van der Waals surface area contributed by atoms with Crippen LogP contribution in [0.15, 0.2) is 4.99 Å². The Hall–Kier alpha value is -0.740. The molecule has 5 nitrogen and oxygen atoms in total. The van der Waals surface area contributed by atoms with Crippen molar-refractivity contribution in [3.63, 3.8) is 0 Å². The molecule has 84 valence electrons. The number of sulfone groups is 1. The van der Waals surface area contributed by atoms with Crippen LogP contribution in [0.25, 0.3) is 0 Å². The standard InChI is InChI=1S/C8H13N3O2S2/c1-11(8(14-2)10-6-9)7-3-4-15(12,13)5-7/h7H,3-5H2,1-2H3. The molecule has 1 atom stereocenters. The monoisotopic (exact) mass is 247 g/mol. The number of aliphatic imine (C=N–C) groups is 1. The molecule has 0 aliphatic carbocycles. The molecule has 15 heavy (non-hydrogen) atoms. The van der Waals surface area contributed by atoms with Crippen LogP contribution < -0.4 is 0 Å². The fraction of sp³-hybridized carbons (Fsp3) is 0.750. The van der Waals surface area contributed by atoms with Gasteiger partial charge in [0.25, 0.3) is 0 Å². The molecule has 0 amide bonds. The Kier molecular flexibility index (Phi) is 3.99. The van der Waals surface area contributed by atoms with E-state index in [1.807, 2.05) is 6.26 Å². The zero-order valence-corrected chi connectivity index (χ0v) is 10.3. The predicted octanol–water partition coefficient (Wildman–Crippen LogP) is 0.305. The van der Waals surface area contributed by atoms with Crippen LogP contribution in [-0.4, -0.2) is 49.3 Å². The van der Waals surface area contributed by atoms with E-state index in [1.165, 1.54) is 11.8 Å². The molecule has 0 aromatic rings. The van der Waals surface area contributed by atoms with Crippen LogP contribution in [0.5, 0.6) is 0 Å². The number of nitrogens with zero attached hydrogens (tertiary/aromatic N) is 3. The van der Waals surface area contributed by atoms with Gasteiger partial charge in [0.05, 0.1) is 11.5 Å². The average Bonchev–Trinajstić information content (AvgIpc) is 2.54. The molecule has 0 radical (unpaired) electrons. The molecule has 0 saturated carbocycles. The molecule has 1 unspecified atom stereocenters. The maximum absolute atomic E-state index is 11.3. The third kappa shape index (κ3) is 3.11. The van der Waals surface area contributed by atoms with Gasteiger partial charge in [0.2, 0.25) is 6.19 Å². The van der Waals surface area contributed by atoms with Crippen LogP contribution in [0.2, 0.25) is 0 Å². The van der Waals surface area contributed by atoms with E-state index in [0.717, 1.165) is 0 Å². The quantitative estimate of drug-likeness (QED) is 0.379. The summed E-state index contributed by atoms with van der Waals surface area (Å²) >= 11 is 1.35. The van der Waals surface area contributed by atoms with Crippen molar-refractivity contribution < 1.29 is 8.42 Å². The second-order valence-electron chi connectivity index (χ2n) is 3.37. The third-order valence-corrected chi connectivity index (χ3v) is 4.88. The maximum atomic E-state index is 11.3. The van der Waals surface area contributed by atoms with Crippen LogP contribution in [0.4, 0.5) is 0 Å². The van der Waals surface area contributed by atoms with Gasteiger partial charge in [-0.1, -0.05) is 11.8 Å². The van der Waals surface area contributed by atoms with Crippen LogP contribution in [-0.2, 0) is 9.84 Å². The first-order valence-electron chi connectivity index (χ1n) is 4.44. The van der Waals surface area contributed by atoms with Crippen molar-refractivity contribution in [3.05, 3.63) is 0 Å². The zero-order valence-electron chi connectivity index (χ0n) is 8.67. The van der Waals surface area contributed by atoms with E-state index < -0.39 is 9.84 Å². The first kappa shape index (κ1) is 12.3. The molecule has 0 N–H and O–H groups in total. The van der Waals surface area contributed by atoms with Gasteiger partial charge in [-0.15, -0.1) is 4.99 Å². The number of nitriles is 1. The molecule has 1 aliphatic heterocycles. The Labute approximate surface area is 94.1 Å². The highest BCUT2D eigenvalue weighted by molar-refractivity contribution is 8.13. The fourth-order valence-corrected chi connectivity index (χ4v) is 3.89. The summed E-state index contributed by atoms with van der Waals surface area (Å²) in [6.45, 7) is 0. The summed E-state index contributed by atoms with van der Waals surface area (Å²) in [6, 6.07) is -0.0467. The van der Waals surface area contributed by atoms with Crippen LogP contribution >= 0.6 is 11.8 Å². The molecule has 0 aromatic carbocycles. The minimum Gasteiger partial charge on any atom is -0.350 e. The SMILES string of the molecule is CSC(=NC#N)N(C)C1CCS(=O)(=O)C1. The zero-order chi connectivity index (χ0) is 11.5. The van der Waals surface area contributed by atoms with Crippen LogP contribution in [0, 0.1) is 11.5 Å². The second kappa shape index (κ2) is 4.86. The molecular weight excluding hydrogens is 234 g/mol. The molecular formula is C8H13N3O2S2. The summed E-state index contributed by atoms with van der Waals surface area (Å²) in [7, 11) is -1.11. The Balaban J connectivity index is 2.74. The van der Waals surface area contributed by atoms with Gasteiger partial charge in [-0.3, -0.25) is 0 Å². The highest BCUT2D eigenvalue weighted by Crippen LogP contribution is 2.19. The summed E-state index contributed by atoms with van der Waals surface area (Å²) in [4.78, 5) is 5.43. The highest BCUT2D eigenvalue weighted by Gasteiger charge is 2.31. The Bertz CT molecular complexity index is 397. The van der Waals surface area contributed by atoms with Crippen molar-refractivity contribution in [1.82, 2.24) is 4.90 Å². The van der Waals surface area contributed by atoms with E-state index >= 15 is 0 Å². The van der Waals surface area contributed by atoms with E-state index in [2.05, 4.69) is 4.99 Å². The number of rotatable bonds is 1. The van der Waals surface area contributed by atoms with E-state index in [-0.39, 0.29) is 17.5 Å². The third-order valence-electron chi connectivity index (χ3n) is 2.39. The summed E-state index contributed by atoms with van der Waals surface area (Å²) in [6.07, 6.45) is 4.15. The van der Waals surface area contributed by atoms with Gasteiger partial charge in [0.15, 0.2) is 15.0 Å². The van der Waals surface area contributed by atoms with Gasteiger partial charge >= 0.3 is 0 Å². The highest BCUT2D eigenvalue weighted by atomic mass is 32.2. The summed E-state index contributed by atoms with van der Waals surface area (Å²) in [5.74, 6) is 0.394. The Morgan fingerprint density at radius 2 is 2.33 bits per heavy atom. The van der Waals surface area contributed by atoms with Gasteiger partial charge in [0.1, 0.15) is 0 Å². The lowest BCUT2D eigenvalue weighted by atomic mass is 10.2. The molecule has 1 aliphatic rings. The first-order chi connectivity index (χ1) is 7.00. The molecule has 0 spiro atoms. The van der Waals surface area contributed by atoms with Gasteiger partial charge in [-0.2, -0.15) is 5.26 Å². The van der Waals surface area contributed by atoms with E-state index in [4.69, 9.17) is 5.26 Å². The number of amidine groups is 1. The molecule has 1 saturated heterocycles. The molecule has 7 heteroatoms. The normalized spacial score (nSPS) is 24.9. The predicted molar refractivity (Wildman–Crippen MR) is 61.4 cm³/mol. The van der Waals surface area contributed by atoms with Crippen molar-refractivity contribution in [1.29, 1.82) is 5.26 Å². The Morgan fingerprint density at radius 1 is 1.67 bits per heavy atom. The lowest BCUT2D eigenvalue weighted by Crippen LogP contribution is -2.36. The molecule has 1 heterocycles. The summed E-state index contributed by atoms with van der Waals surface area (Å²) in [5, 5.41) is 9.04. The molecule has 0 bridgehead atoms. The van der Waals surface area contributed by atoms with Crippen molar-refractivity contribution >= 4 is 26.8 Å². The largest absolute Gasteiger partial charge is 0.350 e. The van der Waals surface area contributed by atoms with Crippen LogP contribution in [0.3, 0.4) is 0 Å². The van der Waals surface area contributed by atoms with Gasteiger partial charge in [-0.25, -0.2) is 8.42 Å². The van der Waals surface area contributed by atoms with E-state index in [0.29, 0.717) is 11.6 Å². The molecule has 1 rings (SSSR count).